The van der Waals surface area contributed by atoms with E-state index >= 15 is 0 Å². The topological polar surface area (TPSA) is 40.5 Å². The van der Waals surface area contributed by atoms with Crippen LogP contribution in [0.3, 0.4) is 0 Å². The molecule has 0 saturated heterocycles. The molecule has 0 aromatic rings. The normalized spacial score (nSPS) is 11.3. The fourth-order valence-electron chi connectivity index (χ4n) is 3.12. The molecule has 0 fully saturated rings. The number of hydrogen-bond donors (Lipinski definition) is 2. The molecule has 0 aromatic carbocycles. The molecule has 0 rings (SSSR count). The van der Waals surface area contributed by atoms with E-state index < -0.39 is 0 Å². The number of hydrogen-bond acceptors (Lipinski definition) is 5. The molecule has 0 heterocycles. The van der Waals surface area contributed by atoms with Gasteiger partial charge in [0.05, 0.1) is 0 Å². The first-order valence-electron chi connectivity index (χ1n) is 11.5. The summed E-state index contributed by atoms with van der Waals surface area (Å²) in [4.78, 5) is 0. The Morgan fingerprint density at radius 2 is 0.593 bits per heavy atom. The number of aliphatic hydroxyl groups is 2. The van der Waals surface area contributed by atoms with Crippen molar-refractivity contribution in [1.29, 1.82) is 0 Å². The molecule has 2 nitrogen and oxygen atoms in total. The molecular weight excluding hydrogens is 392 g/mol. The zero-order valence-electron chi connectivity index (χ0n) is 17.7. The second kappa shape index (κ2) is 27.0. The van der Waals surface area contributed by atoms with Crippen molar-refractivity contribution in [3.05, 3.63) is 0 Å². The van der Waals surface area contributed by atoms with Gasteiger partial charge in [-0.25, -0.2) is 0 Å². The fourth-order valence-corrected chi connectivity index (χ4v) is 7.13. The van der Waals surface area contributed by atoms with Crippen molar-refractivity contribution >= 4 is 31.4 Å². The van der Waals surface area contributed by atoms with Crippen molar-refractivity contribution in [2.45, 2.75) is 116 Å². The van der Waals surface area contributed by atoms with Gasteiger partial charge in [-0.05, 0) is 35.5 Å². The van der Waals surface area contributed by atoms with E-state index in [1.54, 1.807) is 0 Å². The quantitative estimate of drug-likeness (QED) is 0.118. The molecule has 0 radical (unpaired) electrons. The van der Waals surface area contributed by atoms with E-state index in [4.69, 9.17) is 10.2 Å². The minimum absolute atomic E-state index is 0.362. The Hall–Kier alpha value is 0.970. The lowest BCUT2D eigenvalue weighted by Gasteiger charge is -2.03. The van der Waals surface area contributed by atoms with E-state index in [1.807, 2.05) is 9.83 Å². The predicted molar refractivity (Wildman–Crippen MR) is 130 cm³/mol. The molecule has 0 aliphatic rings. The highest BCUT2D eigenvalue weighted by Gasteiger charge is 1.96. The molecule has 0 aliphatic carbocycles. The van der Waals surface area contributed by atoms with Crippen LogP contribution in [0.5, 0.6) is 0 Å². The van der Waals surface area contributed by atoms with Crippen LogP contribution in [0.4, 0.5) is 0 Å². The second-order valence-corrected chi connectivity index (χ2v) is 12.0. The van der Waals surface area contributed by atoms with Crippen LogP contribution < -0.4 is 0 Å². The summed E-state index contributed by atoms with van der Waals surface area (Å²) in [5.74, 6) is 2.62. The molecule has 0 unspecified atom stereocenters. The fraction of sp³-hybridized carbons (Fsp3) is 1.00. The molecule has 2 N–H and O–H groups in total. The first-order chi connectivity index (χ1) is 13.4. The van der Waals surface area contributed by atoms with Gasteiger partial charge in [-0.3, -0.25) is 0 Å². The van der Waals surface area contributed by atoms with Gasteiger partial charge in [0.25, 0.3) is 0 Å². The highest BCUT2D eigenvalue weighted by Crippen LogP contribution is 2.35. The van der Waals surface area contributed by atoms with Gasteiger partial charge >= 0.3 is 0 Å². The SMILES string of the molecule is OCCCCCCCCCCCSSSCCCCCCCCCCCO. The number of aliphatic hydroxyl groups excluding tert-OH is 2. The van der Waals surface area contributed by atoms with E-state index in [2.05, 4.69) is 21.6 Å². The lowest BCUT2D eigenvalue weighted by molar-refractivity contribution is 0.282. The molecule has 0 spiro atoms. The Balaban J connectivity index is 2.95. The summed E-state index contributed by atoms with van der Waals surface area (Å²) >= 11 is 0. The van der Waals surface area contributed by atoms with Crippen LogP contribution in [-0.2, 0) is 0 Å². The maximum absolute atomic E-state index is 8.73. The van der Waals surface area contributed by atoms with Crippen molar-refractivity contribution in [2.75, 3.05) is 24.7 Å². The maximum atomic E-state index is 8.73. The minimum atomic E-state index is 0.362. The molecule has 0 aromatic heterocycles. The van der Waals surface area contributed by atoms with Gasteiger partial charge in [0, 0.05) is 24.7 Å². The Labute approximate surface area is 181 Å². The zero-order chi connectivity index (χ0) is 19.7. The third-order valence-corrected chi connectivity index (χ3v) is 9.28. The molecule has 0 saturated carbocycles. The van der Waals surface area contributed by atoms with Crippen LogP contribution in [-0.4, -0.2) is 34.9 Å². The van der Waals surface area contributed by atoms with Gasteiger partial charge in [0.15, 0.2) is 0 Å². The molecule has 27 heavy (non-hydrogen) atoms. The monoisotopic (exact) mass is 438 g/mol. The zero-order valence-corrected chi connectivity index (χ0v) is 20.1. The maximum Gasteiger partial charge on any atom is 0.0431 e. The molecular formula is C22H46O2S3. The molecule has 0 bridgehead atoms. The average molecular weight is 439 g/mol. The number of unbranched alkanes of at least 4 members (excludes halogenated alkanes) is 16. The molecule has 164 valence electrons. The Kier molecular flexibility index (Phi) is 27.9. The summed E-state index contributed by atoms with van der Waals surface area (Å²) in [6.07, 6.45) is 23.6. The molecule has 0 amide bonds. The lowest BCUT2D eigenvalue weighted by Crippen LogP contribution is -1.85. The smallest absolute Gasteiger partial charge is 0.0431 e. The van der Waals surface area contributed by atoms with Gasteiger partial charge < -0.3 is 10.2 Å². The van der Waals surface area contributed by atoms with Crippen molar-refractivity contribution < 1.29 is 10.2 Å². The van der Waals surface area contributed by atoms with E-state index in [0.717, 1.165) is 12.8 Å². The van der Waals surface area contributed by atoms with E-state index in [1.165, 1.54) is 114 Å². The largest absolute Gasteiger partial charge is 0.396 e. The molecule has 5 heteroatoms. The molecule has 0 atom stereocenters. The van der Waals surface area contributed by atoms with E-state index in [-0.39, 0.29) is 0 Å². The third kappa shape index (κ3) is 27.0. The summed E-state index contributed by atoms with van der Waals surface area (Å²) in [6, 6.07) is 0. The van der Waals surface area contributed by atoms with Gasteiger partial charge in [0.2, 0.25) is 0 Å². The van der Waals surface area contributed by atoms with Crippen LogP contribution in [0.15, 0.2) is 0 Å². The van der Waals surface area contributed by atoms with Gasteiger partial charge in [-0.1, -0.05) is 111 Å². The summed E-state index contributed by atoms with van der Waals surface area (Å²) in [6.45, 7) is 0.725. The highest BCUT2D eigenvalue weighted by atomic mass is 33.5. The van der Waals surface area contributed by atoms with Crippen LogP contribution in [0.1, 0.15) is 116 Å². The highest BCUT2D eigenvalue weighted by molar-refractivity contribution is 9.09. The van der Waals surface area contributed by atoms with Crippen molar-refractivity contribution in [3.63, 3.8) is 0 Å². The van der Waals surface area contributed by atoms with E-state index in [0.29, 0.717) is 13.2 Å². The van der Waals surface area contributed by atoms with E-state index in [9.17, 15) is 0 Å². The summed E-state index contributed by atoms with van der Waals surface area (Å²) in [7, 11) is 6.10. The van der Waals surface area contributed by atoms with Crippen molar-refractivity contribution in [2.24, 2.45) is 0 Å². The van der Waals surface area contributed by atoms with Gasteiger partial charge in [-0.2, -0.15) is 0 Å². The summed E-state index contributed by atoms with van der Waals surface area (Å²) in [5.41, 5.74) is 0. The van der Waals surface area contributed by atoms with Crippen LogP contribution in [0.2, 0.25) is 0 Å². The first-order valence-corrected chi connectivity index (χ1v) is 15.4. The Bertz CT molecular complexity index is 232. The Morgan fingerprint density at radius 3 is 0.889 bits per heavy atom. The summed E-state index contributed by atoms with van der Waals surface area (Å²) < 4.78 is 0. The minimum Gasteiger partial charge on any atom is -0.396 e. The predicted octanol–water partition coefficient (Wildman–Crippen LogP) is 8.02. The van der Waals surface area contributed by atoms with Crippen LogP contribution >= 0.6 is 31.4 Å². The third-order valence-electron chi connectivity index (χ3n) is 4.87. The van der Waals surface area contributed by atoms with Gasteiger partial charge in [-0.15, -0.1) is 0 Å². The number of rotatable bonds is 24. The van der Waals surface area contributed by atoms with Gasteiger partial charge in [0.1, 0.15) is 0 Å². The first kappa shape index (κ1) is 28.0. The van der Waals surface area contributed by atoms with Crippen LogP contribution in [0, 0.1) is 0 Å². The standard InChI is InChI=1S/C22H46O2S3/c23-19-15-11-7-3-1-5-9-13-17-21-25-27-26-22-18-14-10-6-2-4-8-12-16-20-24/h23-24H,1-22H2. The van der Waals surface area contributed by atoms with Crippen molar-refractivity contribution in [3.8, 4) is 0 Å². The van der Waals surface area contributed by atoms with Crippen molar-refractivity contribution in [1.82, 2.24) is 0 Å². The lowest BCUT2D eigenvalue weighted by atomic mass is 10.1. The summed E-state index contributed by atoms with van der Waals surface area (Å²) in [5, 5.41) is 17.5. The average Bonchev–Trinajstić information content (AvgIpc) is 2.68. The van der Waals surface area contributed by atoms with Crippen LogP contribution in [0.25, 0.3) is 0 Å². The second-order valence-electron chi connectivity index (χ2n) is 7.52. The Morgan fingerprint density at radius 1 is 0.333 bits per heavy atom. The molecule has 0 aliphatic heterocycles.